The molecular weight excluding hydrogens is 206 g/mol. The van der Waals surface area contributed by atoms with E-state index in [0.29, 0.717) is 5.69 Å². The fourth-order valence-corrected chi connectivity index (χ4v) is 1.80. The van der Waals surface area contributed by atoms with Crippen LogP contribution in [0.25, 0.3) is 5.65 Å². The molecule has 16 heavy (non-hydrogen) atoms. The van der Waals surface area contributed by atoms with Gasteiger partial charge in [0.15, 0.2) is 0 Å². The highest BCUT2D eigenvalue weighted by Crippen LogP contribution is 2.20. The Kier molecular flexibility index (Phi) is 2.62. The van der Waals surface area contributed by atoms with Crippen LogP contribution in [0.5, 0.6) is 0 Å². The summed E-state index contributed by atoms with van der Waals surface area (Å²) in [6.45, 7) is 1.90. The summed E-state index contributed by atoms with van der Waals surface area (Å²) in [5.41, 5.74) is 7.58. The van der Waals surface area contributed by atoms with E-state index in [2.05, 4.69) is 4.98 Å². The second kappa shape index (κ2) is 3.94. The number of aliphatic carboxylic acids is 1. The molecule has 0 saturated carbocycles. The predicted molar refractivity (Wildman–Crippen MR) is 59.4 cm³/mol. The van der Waals surface area contributed by atoms with Gasteiger partial charge in [0.25, 0.3) is 0 Å². The molecule has 0 bridgehead atoms. The normalized spacial score (nSPS) is 12.9. The zero-order valence-corrected chi connectivity index (χ0v) is 8.92. The first-order valence-corrected chi connectivity index (χ1v) is 5.01. The number of pyridine rings is 1. The van der Waals surface area contributed by atoms with Crippen molar-refractivity contribution in [2.45, 2.75) is 12.8 Å². The molecule has 2 heterocycles. The second-order valence-electron chi connectivity index (χ2n) is 3.64. The molecule has 0 fully saturated rings. The number of aromatic nitrogens is 2. The molecule has 0 spiro atoms. The molecule has 1 atom stereocenters. The molecule has 3 N–H and O–H groups in total. The van der Waals surface area contributed by atoms with Crippen LogP contribution >= 0.6 is 0 Å². The van der Waals surface area contributed by atoms with E-state index in [-0.39, 0.29) is 6.54 Å². The van der Waals surface area contributed by atoms with E-state index in [1.807, 2.05) is 35.7 Å². The van der Waals surface area contributed by atoms with Gasteiger partial charge in [0.05, 0.1) is 5.69 Å². The summed E-state index contributed by atoms with van der Waals surface area (Å²) < 4.78 is 1.86. The van der Waals surface area contributed by atoms with Crippen LogP contribution in [0.15, 0.2) is 24.4 Å². The third kappa shape index (κ3) is 1.55. The smallest absolute Gasteiger partial charge is 0.313 e. The van der Waals surface area contributed by atoms with Crippen LogP contribution in [0.4, 0.5) is 0 Å². The molecule has 84 valence electrons. The summed E-state index contributed by atoms with van der Waals surface area (Å²) in [4.78, 5) is 15.3. The van der Waals surface area contributed by atoms with E-state index in [0.717, 1.165) is 11.3 Å². The number of carboxylic acids is 1. The molecule has 0 radical (unpaired) electrons. The van der Waals surface area contributed by atoms with Crippen molar-refractivity contribution < 1.29 is 9.90 Å². The van der Waals surface area contributed by atoms with Crippen molar-refractivity contribution in [1.82, 2.24) is 9.38 Å². The van der Waals surface area contributed by atoms with E-state index in [4.69, 9.17) is 10.8 Å². The Morgan fingerprint density at radius 1 is 1.62 bits per heavy atom. The van der Waals surface area contributed by atoms with Gasteiger partial charge in [-0.15, -0.1) is 0 Å². The summed E-state index contributed by atoms with van der Waals surface area (Å²) >= 11 is 0. The average molecular weight is 219 g/mol. The fraction of sp³-hybridized carbons (Fsp3) is 0.273. The van der Waals surface area contributed by atoms with Gasteiger partial charge in [0.1, 0.15) is 11.6 Å². The Morgan fingerprint density at radius 2 is 2.38 bits per heavy atom. The summed E-state index contributed by atoms with van der Waals surface area (Å²) in [5, 5.41) is 9.05. The maximum absolute atomic E-state index is 11.0. The Morgan fingerprint density at radius 3 is 2.94 bits per heavy atom. The Hall–Kier alpha value is -1.88. The van der Waals surface area contributed by atoms with Crippen molar-refractivity contribution in [3.8, 4) is 0 Å². The number of hydrogen-bond acceptors (Lipinski definition) is 3. The largest absolute Gasteiger partial charge is 0.481 e. The number of fused-ring (bicyclic) bond motifs is 1. The van der Waals surface area contributed by atoms with Crippen LogP contribution in [-0.2, 0) is 4.79 Å². The summed E-state index contributed by atoms with van der Waals surface area (Å²) in [6, 6.07) is 5.58. The van der Waals surface area contributed by atoms with Gasteiger partial charge in [-0.1, -0.05) is 6.07 Å². The van der Waals surface area contributed by atoms with Gasteiger partial charge in [0.2, 0.25) is 0 Å². The van der Waals surface area contributed by atoms with Gasteiger partial charge >= 0.3 is 5.97 Å². The van der Waals surface area contributed by atoms with E-state index in [1.165, 1.54) is 0 Å². The molecule has 0 aliphatic carbocycles. The SMILES string of the molecule is Cc1c(C(CN)C(=O)O)nc2ccccn12. The molecule has 0 aliphatic heterocycles. The maximum Gasteiger partial charge on any atom is 0.313 e. The van der Waals surface area contributed by atoms with E-state index in [1.54, 1.807) is 0 Å². The van der Waals surface area contributed by atoms with Crippen LogP contribution in [0.3, 0.4) is 0 Å². The molecule has 2 aromatic rings. The molecule has 0 aliphatic rings. The van der Waals surface area contributed by atoms with E-state index in [9.17, 15) is 4.79 Å². The monoisotopic (exact) mass is 219 g/mol. The van der Waals surface area contributed by atoms with Crippen LogP contribution in [0.2, 0.25) is 0 Å². The van der Waals surface area contributed by atoms with Crippen LogP contribution in [0.1, 0.15) is 17.3 Å². The first kappa shape index (κ1) is 10.6. The van der Waals surface area contributed by atoms with Crippen molar-refractivity contribution >= 4 is 11.6 Å². The minimum absolute atomic E-state index is 0.0556. The molecule has 5 heteroatoms. The molecule has 1 unspecified atom stereocenters. The first-order valence-electron chi connectivity index (χ1n) is 5.01. The molecule has 0 aromatic carbocycles. The highest BCUT2D eigenvalue weighted by Gasteiger charge is 2.23. The van der Waals surface area contributed by atoms with Gasteiger partial charge in [0, 0.05) is 18.4 Å². The lowest BCUT2D eigenvalue weighted by molar-refractivity contribution is -0.138. The number of rotatable bonds is 3. The lowest BCUT2D eigenvalue weighted by atomic mass is 10.1. The average Bonchev–Trinajstić information content (AvgIpc) is 2.58. The van der Waals surface area contributed by atoms with Crippen molar-refractivity contribution in [3.63, 3.8) is 0 Å². The maximum atomic E-state index is 11.0. The zero-order chi connectivity index (χ0) is 11.7. The lowest BCUT2D eigenvalue weighted by Gasteiger charge is -2.07. The standard InChI is InChI=1S/C11H13N3O2/c1-7-10(8(6-12)11(15)16)13-9-4-2-3-5-14(7)9/h2-5,8H,6,12H2,1H3,(H,15,16). The number of aryl methyl sites for hydroxylation is 1. The van der Waals surface area contributed by atoms with Gasteiger partial charge in [-0.25, -0.2) is 4.98 Å². The van der Waals surface area contributed by atoms with Crippen LogP contribution in [-0.4, -0.2) is 27.0 Å². The Labute approximate surface area is 92.5 Å². The predicted octanol–water partition coefficient (Wildman–Crippen LogP) is 0.770. The molecule has 5 nitrogen and oxygen atoms in total. The fourth-order valence-electron chi connectivity index (χ4n) is 1.80. The zero-order valence-electron chi connectivity index (χ0n) is 8.92. The van der Waals surface area contributed by atoms with E-state index >= 15 is 0 Å². The summed E-state index contributed by atoms with van der Waals surface area (Å²) in [6.07, 6.45) is 1.86. The van der Waals surface area contributed by atoms with Crippen molar-refractivity contribution in [3.05, 3.63) is 35.8 Å². The highest BCUT2D eigenvalue weighted by atomic mass is 16.4. The van der Waals surface area contributed by atoms with E-state index < -0.39 is 11.9 Å². The minimum Gasteiger partial charge on any atom is -0.481 e. The minimum atomic E-state index is -0.936. The third-order valence-electron chi connectivity index (χ3n) is 2.67. The van der Waals surface area contributed by atoms with Gasteiger partial charge in [-0.2, -0.15) is 0 Å². The number of hydrogen-bond donors (Lipinski definition) is 2. The molecule has 2 rings (SSSR count). The summed E-state index contributed by atoms with van der Waals surface area (Å²) in [7, 11) is 0. The van der Waals surface area contributed by atoms with Crippen molar-refractivity contribution in [1.29, 1.82) is 0 Å². The van der Waals surface area contributed by atoms with Crippen molar-refractivity contribution in [2.24, 2.45) is 5.73 Å². The first-order chi connectivity index (χ1) is 7.65. The van der Waals surface area contributed by atoms with Gasteiger partial charge in [-0.05, 0) is 19.1 Å². The second-order valence-corrected chi connectivity index (χ2v) is 3.64. The van der Waals surface area contributed by atoms with Gasteiger partial charge in [-0.3, -0.25) is 4.79 Å². The lowest BCUT2D eigenvalue weighted by Crippen LogP contribution is -2.22. The third-order valence-corrected chi connectivity index (χ3v) is 2.67. The number of nitrogens with two attached hydrogens (primary N) is 1. The summed E-state index contributed by atoms with van der Waals surface area (Å²) in [5.74, 6) is -1.67. The molecular formula is C11H13N3O2. The van der Waals surface area contributed by atoms with Crippen molar-refractivity contribution in [2.75, 3.05) is 6.54 Å². The molecule has 2 aromatic heterocycles. The van der Waals surface area contributed by atoms with Gasteiger partial charge < -0.3 is 15.2 Å². The number of carboxylic acid groups (broad SMARTS) is 1. The van der Waals surface area contributed by atoms with Crippen LogP contribution in [0, 0.1) is 6.92 Å². The number of imidazole rings is 1. The number of carbonyl (C=O) groups is 1. The topological polar surface area (TPSA) is 80.6 Å². The number of nitrogens with zero attached hydrogens (tertiary/aromatic N) is 2. The highest BCUT2D eigenvalue weighted by molar-refractivity contribution is 5.76. The molecule has 0 amide bonds. The Balaban J connectivity index is 2.60. The molecule has 0 saturated heterocycles. The van der Waals surface area contributed by atoms with Crippen LogP contribution < -0.4 is 5.73 Å². The Bertz CT molecular complexity index is 533. The quantitative estimate of drug-likeness (QED) is 0.799.